The quantitative estimate of drug-likeness (QED) is 0.571. The first kappa shape index (κ1) is 16.1. The van der Waals surface area contributed by atoms with Gasteiger partial charge in [-0.15, -0.1) is 0 Å². The predicted octanol–water partition coefficient (Wildman–Crippen LogP) is 4.40. The van der Waals surface area contributed by atoms with Crippen molar-refractivity contribution in [1.82, 2.24) is 4.90 Å². The molecule has 1 aliphatic heterocycles. The van der Waals surface area contributed by atoms with Crippen molar-refractivity contribution in [2.45, 2.75) is 0 Å². The van der Waals surface area contributed by atoms with E-state index in [1.54, 1.807) is 6.08 Å². The standard InChI is InChI=1S/C17H13IN2O2S/c18-13-6-8-14(9-7-13)19-11-20-16(21)15(23-17(20)22)10-12-4-2-1-3-5-12/h1-10,19H,11H2. The zero-order chi connectivity index (χ0) is 16.2. The van der Waals surface area contributed by atoms with Crippen LogP contribution in [-0.2, 0) is 4.79 Å². The summed E-state index contributed by atoms with van der Waals surface area (Å²) < 4.78 is 1.13. The molecule has 116 valence electrons. The van der Waals surface area contributed by atoms with Crippen LogP contribution >= 0.6 is 34.4 Å². The summed E-state index contributed by atoms with van der Waals surface area (Å²) in [6, 6.07) is 17.3. The highest BCUT2D eigenvalue weighted by molar-refractivity contribution is 14.1. The summed E-state index contributed by atoms with van der Waals surface area (Å²) in [4.78, 5) is 26.1. The third kappa shape index (κ3) is 3.94. The normalized spacial score (nSPS) is 16.2. The Morgan fingerprint density at radius 2 is 1.74 bits per heavy atom. The molecule has 0 saturated carbocycles. The van der Waals surface area contributed by atoms with Crippen LogP contribution in [0.3, 0.4) is 0 Å². The van der Waals surface area contributed by atoms with E-state index in [4.69, 9.17) is 0 Å². The van der Waals surface area contributed by atoms with Gasteiger partial charge in [-0.1, -0.05) is 30.3 Å². The number of imide groups is 1. The highest BCUT2D eigenvalue weighted by Gasteiger charge is 2.34. The number of thioether (sulfide) groups is 1. The first-order chi connectivity index (χ1) is 11.1. The molecule has 0 aliphatic carbocycles. The lowest BCUT2D eigenvalue weighted by Gasteiger charge is -2.14. The van der Waals surface area contributed by atoms with Gasteiger partial charge in [-0.2, -0.15) is 0 Å². The number of hydrogen-bond acceptors (Lipinski definition) is 4. The Labute approximate surface area is 152 Å². The highest BCUT2D eigenvalue weighted by atomic mass is 127. The molecule has 1 N–H and O–H groups in total. The Bertz CT molecular complexity index is 760. The van der Waals surface area contributed by atoms with Crippen LogP contribution in [0.5, 0.6) is 0 Å². The lowest BCUT2D eigenvalue weighted by molar-refractivity contribution is -0.122. The number of halogens is 1. The van der Waals surface area contributed by atoms with Gasteiger partial charge < -0.3 is 5.32 Å². The van der Waals surface area contributed by atoms with Crippen molar-refractivity contribution in [3.63, 3.8) is 0 Å². The van der Waals surface area contributed by atoms with Crippen LogP contribution in [0, 0.1) is 3.57 Å². The summed E-state index contributed by atoms with van der Waals surface area (Å²) in [6.45, 7) is 0.164. The van der Waals surface area contributed by atoms with E-state index in [9.17, 15) is 9.59 Å². The Kier molecular flexibility index (Phi) is 5.02. The predicted molar refractivity (Wildman–Crippen MR) is 102 cm³/mol. The second kappa shape index (κ2) is 7.18. The molecule has 0 spiro atoms. The van der Waals surface area contributed by atoms with Crippen LogP contribution < -0.4 is 5.32 Å². The van der Waals surface area contributed by atoms with Gasteiger partial charge in [0.05, 0.1) is 11.6 Å². The van der Waals surface area contributed by atoms with E-state index < -0.39 is 0 Å². The fraction of sp³-hybridized carbons (Fsp3) is 0.0588. The molecule has 1 aliphatic rings. The number of anilines is 1. The molecule has 0 aromatic heterocycles. The van der Waals surface area contributed by atoms with Gasteiger partial charge in [-0.3, -0.25) is 14.5 Å². The fourth-order valence-electron chi connectivity index (χ4n) is 2.08. The summed E-state index contributed by atoms with van der Waals surface area (Å²) in [5, 5.41) is 2.84. The van der Waals surface area contributed by atoms with Crippen molar-refractivity contribution in [3.8, 4) is 0 Å². The van der Waals surface area contributed by atoms with Gasteiger partial charge in [-0.05, 0) is 70.3 Å². The topological polar surface area (TPSA) is 49.4 Å². The van der Waals surface area contributed by atoms with Crippen LogP contribution in [0.15, 0.2) is 59.5 Å². The van der Waals surface area contributed by atoms with Crippen LogP contribution in [-0.4, -0.2) is 22.7 Å². The lowest BCUT2D eigenvalue weighted by atomic mass is 10.2. The Balaban J connectivity index is 1.69. The highest BCUT2D eigenvalue weighted by Crippen LogP contribution is 2.32. The minimum Gasteiger partial charge on any atom is -0.367 e. The van der Waals surface area contributed by atoms with E-state index in [0.717, 1.165) is 26.6 Å². The van der Waals surface area contributed by atoms with Crippen molar-refractivity contribution in [1.29, 1.82) is 0 Å². The average molecular weight is 436 g/mol. The molecule has 0 bridgehead atoms. The summed E-state index contributed by atoms with van der Waals surface area (Å²) in [6.07, 6.45) is 1.75. The van der Waals surface area contributed by atoms with Crippen LogP contribution in [0.1, 0.15) is 5.56 Å². The second-order valence-electron chi connectivity index (χ2n) is 4.86. The van der Waals surface area contributed by atoms with E-state index in [2.05, 4.69) is 27.9 Å². The molecular formula is C17H13IN2O2S. The van der Waals surface area contributed by atoms with Crippen LogP contribution in [0.2, 0.25) is 0 Å². The van der Waals surface area contributed by atoms with E-state index in [-0.39, 0.29) is 17.8 Å². The van der Waals surface area contributed by atoms with E-state index >= 15 is 0 Å². The minimum absolute atomic E-state index is 0.164. The smallest absolute Gasteiger partial charge is 0.295 e. The monoisotopic (exact) mass is 436 g/mol. The second-order valence-corrected chi connectivity index (χ2v) is 7.10. The lowest BCUT2D eigenvalue weighted by Crippen LogP contribution is -2.33. The number of nitrogens with zero attached hydrogens (tertiary/aromatic N) is 1. The van der Waals surface area contributed by atoms with Crippen molar-refractivity contribution in [2.24, 2.45) is 0 Å². The molecule has 23 heavy (non-hydrogen) atoms. The van der Waals surface area contributed by atoms with E-state index in [1.165, 1.54) is 4.90 Å². The van der Waals surface area contributed by atoms with Gasteiger partial charge in [-0.25, -0.2) is 0 Å². The first-order valence-corrected chi connectivity index (χ1v) is 8.83. The number of carbonyl (C=O) groups excluding carboxylic acids is 2. The van der Waals surface area contributed by atoms with Crippen molar-refractivity contribution in [3.05, 3.63) is 68.6 Å². The summed E-state index contributed by atoms with van der Waals surface area (Å²) >= 11 is 3.20. The van der Waals surface area contributed by atoms with Crippen molar-refractivity contribution < 1.29 is 9.59 Å². The zero-order valence-electron chi connectivity index (χ0n) is 12.0. The Morgan fingerprint density at radius 3 is 2.43 bits per heavy atom. The van der Waals surface area contributed by atoms with Gasteiger partial charge in [0.15, 0.2) is 0 Å². The zero-order valence-corrected chi connectivity index (χ0v) is 15.0. The SMILES string of the molecule is O=C1SC(=Cc2ccccc2)C(=O)N1CNc1ccc(I)cc1. The molecule has 2 aromatic rings. The van der Waals surface area contributed by atoms with Crippen LogP contribution in [0.25, 0.3) is 6.08 Å². The summed E-state index contributed by atoms with van der Waals surface area (Å²) in [5.41, 5.74) is 1.78. The van der Waals surface area contributed by atoms with Gasteiger partial charge in [0.25, 0.3) is 11.1 Å². The number of nitrogens with one attached hydrogen (secondary N) is 1. The average Bonchev–Trinajstić information content (AvgIpc) is 2.82. The molecule has 3 rings (SSSR count). The number of hydrogen-bond donors (Lipinski definition) is 1. The number of amides is 2. The number of benzene rings is 2. The van der Waals surface area contributed by atoms with E-state index in [0.29, 0.717) is 4.91 Å². The third-order valence-corrected chi connectivity index (χ3v) is 4.88. The summed E-state index contributed by atoms with van der Waals surface area (Å²) in [5.74, 6) is -0.262. The molecule has 2 aromatic carbocycles. The maximum Gasteiger partial charge on any atom is 0.295 e. The fourth-order valence-corrected chi connectivity index (χ4v) is 3.27. The largest absolute Gasteiger partial charge is 0.367 e. The molecular weight excluding hydrogens is 423 g/mol. The Morgan fingerprint density at radius 1 is 1.04 bits per heavy atom. The molecule has 4 nitrogen and oxygen atoms in total. The van der Waals surface area contributed by atoms with Gasteiger partial charge in [0.2, 0.25) is 0 Å². The van der Waals surface area contributed by atoms with Gasteiger partial charge in [0.1, 0.15) is 0 Å². The van der Waals surface area contributed by atoms with Gasteiger partial charge in [0, 0.05) is 9.26 Å². The number of carbonyl (C=O) groups is 2. The molecule has 1 saturated heterocycles. The minimum atomic E-state index is -0.262. The van der Waals surface area contributed by atoms with E-state index in [1.807, 2.05) is 54.6 Å². The third-order valence-electron chi connectivity index (χ3n) is 3.26. The molecule has 1 heterocycles. The summed E-state index contributed by atoms with van der Waals surface area (Å²) in [7, 11) is 0. The molecule has 2 amide bonds. The Hall–Kier alpha value is -1.80. The molecule has 6 heteroatoms. The molecule has 1 fully saturated rings. The first-order valence-electron chi connectivity index (χ1n) is 6.93. The maximum atomic E-state index is 12.4. The van der Waals surface area contributed by atoms with Crippen molar-refractivity contribution >= 4 is 57.3 Å². The van der Waals surface area contributed by atoms with Crippen LogP contribution in [0.4, 0.5) is 10.5 Å². The molecule has 0 atom stereocenters. The van der Waals surface area contributed by atoms with Gasteiger partial charge >= 0.3 is 0 Å². The molecule has 0 unspecified atom stereocenters. The maximum absolute atomic E-state index is 12.4. The molecule has 0 radical (unpaired) electrons. The number of rotatable bonds is 4. The van der Waals surface area contributed by atoms with Crippen molar-refractivity contribution in [2.75, 3.05) is 12.0 Å².